The van der Waals surface area contributed by atoms with Gasteiger partial charge in [0.2, 0.25) is 0 Å². The van der Waals surface area contributed by atoms with Gasteiger partial charge in [0.15, 0.2) is 11.5 Å². The molecule has 0 spiro atoms. The Hall–Kier alpha value is -1.75. The minimum absolute atomic E-state index is 0.0793. The van der Waals surface area contributed by atoms with E-state index in [-0.39, 0.29) is 12.0 Å². The summed E-state index contributed by atoms with van der Waals surface area (Å²) in [4.78, 5) is 11.0. The van der Waals surface area contributed by atoms with Crippen LogP contribution in [-0.4, -0.2) is 30.8 Å². The molecule has 1 fully saturated rings. The largest absolute Gasteiger partial charge is 0.486 e. The van der Waals surface area contributed by atoms with Crippen LogP contribution in [0.4, 0.5) is 0 Å². The maximum atomic E-state index is 11.0. The van der Waals surface area contributed by atoms with Crippen molar-refractivity contribution in [2.24, 2.45) is 5.92 Å². The molecule has 3 rings (SSSR count). The highest BCUT2D eigenvalue weighted by atomic mass is 16.6. The Morgan fingerprint density at radius 2 is 2.16 bits per heavy atom. The number of carbonyl (C=O) groups is 1. The number of hydrogen-bond donors (Lipinski definition) is 2. The number of fused-ring (bicyclic) bond motifs is 1. The second-order valence-corrected chi connectivity index (χ2v) is 5.09. The molecule has 5 heteroatoms. The minimum atomic E-state index is -0.732. The van der Waals surface area contributed by atoms with Gasteiger partial charge in [-0.25, -0.2) is 0 Å². The number of rotatable bonds is 2. The third kappa shape index (κ3) is 2.26. The molecule has 0 aliphatic carbocycles. The van der Waals surface area contributed by atoms with Gasteiger partial charge < -0.3 is 19.9 Å². The second kappa shape index (κ2) is 4.74. The molecule has 2 aliphatic heterocycles. The molecular weight excluding hydrogens is 246 g/mol. The summed E-state index contributed by atoms with van der Waals surface area (Å²) in [5.74, 6) is 0.535. The predicted molar refractivity (Wildman–Crippen MR) is 68.7 cm³/mol. The van der Waals surface area contributed by atoms with Crippen molar-refractivity contribution in [1.29, 1.82) is 0 Å². The standard InChI is InChI=1S/C14H17NO4/c1-8-4-9(6-12-13(8)19-3-2-18-12)11-5-10(7-15-11)14(16)17/h4,6,10-11,15H,2-3,5,7H2,1H3,(H,16,17). The highest BCUT2D eigenvalue weighted by Gasteiger charge is 2.31. The lowest BCUT2D eigenvalue weighted by Gasteiger charge is -2.22. The predicted octanol–water partition coefficient (Wildman–Crippen LogP) is 1.50. The van der Waals surface area contributed by atoms with E-state index < -0.39 is 5.97 Å². The van der Waals surface area contributed by atoms with Crippen LogP contribution in [-0.2, 0) is 4.79 Å². The molecule has 0 bridgehead atoms. The van der Waals surface area contributed by atoms with Crippen molar-refractivity contribution < 1.29 is 19.4 Å². The Labute approximate surface area is 111 Å². The minimum Gasteiger partial charge on any atom is -0.486 e. The molecule has 2 atom stereocenters. The summed E-state index contributed by atoms with van der Waals surface area (Å²) in [6.07, 6.45) is 0.619. The van der Waals surface area contributed by atoms with Crippen molar-refractivity contribution >= 4 is 5.97 Å². The van der Waals surface area contributed by atoms with E-state index in [1.165, 1.54) is 0 Å². The van der Waals surface area contributed by atoms with E-state index in [2.05, 4.69) is 11.4 Å². The number of benzene rings is 1. The SMILES string of the molecule is Cc1cc(C2CC(C(=O)O)CN2)cc2c1OCCO2. The third-order valence-corrected chi connectivity index (χ3v) is 3.73. The third-order valence-electron chi connectivity index (χ3n) is 3.73. The lowest BCUT2D eigenvalue weighted by Crippen LogP contribution is -2.18. The molecule has 0 aromatic heterocycles. The molecule has 102 valence electrons. The second-order valence-electron chi connectivity index (χ2n) is 5.09. The van der Waals surface area contributed by atoms with E-state index >= 15 is 0 Å². The zero-order valence-corrected chi connectivity index (χ0v) is 10.8. The van der Waals surface area contributed by atoms with Crippen molar-refractivity contribution in [1.82, 2.24) is 5.32 Å². The molecule has 1 saturated heterocycles. The molecule has 2 aliphatic rings. The van der Waals surface area contributed by atoms with Crippen LogP contribution in [0.25, 0.3) is 0 Å². The summed E-state index contributed by atoms with van der Waals surface area (Å²) in [6.45, 7) is 3.65. The van der Waals surface area contributed by atoms with Crippen LogP contribution in [0.5, 0.6) is 11.5 Å². The van der Waals surface area contributed by atoms with Crippen LogP contribution in [0.3, 0.4) is 0 Å². The quantitative estimate of drug-likeness (QED) is 0.846. The van der Waals surface area contributed by atoms with Crippen molar-refractivity contribution in [2.75, 3.05) is 19.8 Å². The van der Waals surface area contributed by atoms with E-state index in [0.717, 1.165) is 22.6 Å². The molecule has 2 heterocycles. The van der Waals surface area contributed by atoms with Gasteiger partial charge in [-0.2, -0.15) is 0 Å². The normalized spacial score (nSPS) is 25.3. The van der Waals surface area contributed by atoms with E-state index in [1.807, 2.05) is 13.0 Å². The summed E-state index contributed by atoms with van der Waals surface area (Å²) in [5.41, 5.74) is 2.11. The van der Waals surface area contributed by atoms with Gasteiger partial charge in [0, 0.05) is 12.6 Å². The topological polar surface area (TPSA) is 67.8 Å². The van der Waals surface area contributed by atoms with Gasteiger partial charge in [-0.1, -0.05) is 6.07 Å². The molecule has 2 unspecified atom stereocenters. The molecule has 0 saturated carbocycles. The highest BCUT2D eigenvalue weighted by molar-refractivity contribution is 5.71. The van der Waals surface area contributed by atoms with Gasteiger partial charge in [0.1, 0.15) is 13.2 Å². The number of nitrogens with one attached hydrogen (secondary N) is 1. The fraction of sp³-hybridized carbons (Fsp3) is 0.500. The number of ether oxygens (including phenoxy) is 2. The molecule has 2 N–H and O–H groups in total. The lowest BCUT2D eigenvalue weighted by molar-refractivity contribution is -0.141. The number of hydrogen-bond acceptors (Lipinski definition) is 4. The Balaban J connectivity index is 1.86. The molecule has 1 aromatic rings. The van der Waals surface area contributed by atoms with Gasteiger partial charge in [-0.05, 0) is 30.5 Å². The van der Waals surface area contributed by atoms with Gasteiger partial charge in [-0.3, -0.25) is 4.79 Å². The van der Waals surface area contributed by atoms with Gasteiger partial charge in [0.05, 0.1) is 5.92 Å². The summed E-state index contributed by atoms with van der Waals surface area (Å²) in [7, 11) is 0. The molecular formula is C14H17NO4. The van der Waals surface area contributed by atoms with Crippen LogP contribution < -0.4 is 14.8 Å². The van der Waals surface area contributed by atoms with Gasteiger partial charge >= 0.3 is 5.97 Å². The van der Waals surface area contributed by atoms with E-state index in [1.54, 1.807) is 0 Å². The smallest absolute Gasteiger partial charge is 0.307 e. The van der Waals surface area contributed by atoms with E-state index in [9.17, 15) is 4.79 Å². The number of aryl methyl sites for hydroxylation is 1. The number of aliphatic carboxylic acids is 1. The van der Waals surface area contributed by atoms with Crippen LogP contribution in [0, 0.1) is 12.8 Å². The van der Waals surface area contributed by atoms with Gasteiger partial charge in [-0.15, -0.1) is 0 Å². The van der Waals surface area contributed by atoms with Crippen molar-refractivity contribution in [3.05, 3.63) is 23.3 Å². The number of carboxylic acid groups (broad SMARTS) is 1. The van der Waals surface area contributed by atoms with Crippen LogP contribution in [0.2, 0.25) is 0 Å². The average molecular weight is 263 g/mol. The van der Waals surface area contributed by atoms with Crippen LogP contribution in [0.15, 0.2) is 12.1 Å². The first-order valence-electron chi connectivity index (χ1n) is 6.51. The van der Waals surface area contributed by atoms with Crippen LogP contribution >= 0.6 is 0 Å². The first-order chi connectivity index (χ1) is 9.15. The zero-order valence-electron chi connectivity index (χ0n) is 10.8. The first-order valence-corrected chi connectivity index (χ1v) is 6.51. The Morgan fingerprint density at radius 1 is 1.37 bits per heavy atom. The van der Waals surface area contributed by atoms with Crippen molar-refractivity contribution in [2.45, 2.75) is 19.4 Å². The first kappa shape index (κ1) is 12.3. The summed E-state index contributed by atoms with van der Waals surface area (Å²) < 4.78 is 11.2. The Bertz CT molecular complexity index is 514. The molecule has 5 nitrogen and oxygen atoms in total. The van der Waals surface area contributed by atoms with Gasteiger partial charge in [0.25, 0.3) is 0 Å². The molecule has 1 aromatic carbocycles. The summed E-state index contributed by atoms with van der Waals surface area (Å²) >= 11 is 0. The van der Waals surface area contributed by atoms with Crippen molar-refractivity contribution in [3.63, 3.8) is 0 Å². The lowest BCUT2D eigenvalue weighted by atomic mass is 9.98. The summed E-state index contributed by atoms with van der Waals surface area (Å²) in [6, 6.07) is 4.09. The summed E-state index contributed by atoms with van der Waals surface area (Å²) in [5, 5.41) is 12.3. The van der Waals surface area contributed by atoms with E-state index in [0.29, 0.717) is 26.2 Å². The van der Waals surface area contributed by atoms with Crippen LogP contribution in [0.1, 0.15) is 23.6 Å². The molecule has 0 radical (unpaired) electrons. The average Bonchev–Trinajstić information content (AvgIpc) is 2.88. The molecule has 0 amide bonds. The van der Waals surface area contributed by atoms with E-state index in [4.69, 9.17) is 14.6 Å². The number of carboxylic acids is 1. The fourth-order valence-corrected chi connectivity index (χ4v) is 2.73. The fourth-order valence-electron chi connectivity index (χ4n) is 2.73. The zero-order chi connectivity index (χ0) is 13.4. The maximum Gasteiger partial charge on any atom is 0.307 e. The molecule has 19 heavy (non-hydrogen) atoms. The highest BCUT2D eigenvalue weighted by Crippen LogP contribution is 2.38. The maximum absolute atomic E-state index is 11.0. The Kier molecular flexibility index (Phi) is 3.06. The van der Waals surface area contributed by atoms with Crippen molar-refractivity contribution in [3.8, 4) is 11.5 Å². The Morgan fingerprint density at radius 3 is 2.89 bits per heavy atom. The monoisotopic (exact) mass is 263 g/mol.